The van der Waals surface area contributed by atoms with Crippen LogP contribution in [0.15, 0.2) is 24.3 Å². The lowest BCUT2D eigenvalue weighted by Crippen LogP contribution is -2.36. The molecule has 0 fully saturated rings. The Bertz CT molecular complexity index is 394. The van der Waals surface area contributed by atoms with Gasteiger partial charge in [-0.3, -0.25) is 9.69 Å². The van der Waals surface area contributed by atoms with Gasteiger partial charge in [0.2, 0.25) is 0 Å². The van der Waals surface area contributed by atoms with Crippen molar-refractivity contribution in [3.63, 3.8) is 0 Å². The summed E-state index contributed by atoms with van der Waals surface area (Å²) in [7, 11) is 1.58. The molecular formula is C14H20FNO3. The molecule has 0 aliphatic carbocycles. The van der Waals surface area contributed by atoms with Crippen LogP contribution in [0.5, 0.6) is 0 Å². The number of carboxylic acid groups (broad SMARTS) is 1. The van der Waals surface area contributed by atoms with E-state index in [0.29, 0.717) is 13.2 Å². The van der Waals surface area contributed by atoms with E-state index in [1.165, 1.54) is 12.1 Å². The molecular weight excluding hydrogens is 249 g/mol. The summed E-state index contributed by atoms with van der Waals surface area (Å²) in [6.45, 7) is 2.92. The van der Waals surface area contributed by atoms with Crippen LogP contribution in [-0.2, 0) is 9.53 Å². The van der Waals surface area contributed by atoms with Crippen LogP contribution in [0.2, 0.25) is 0 Å². The van der Waals surface area contributed by atoms with E-state index in [-0.39, 0.29) is 18.4 Å². The maximum atomic E-state index is 12.9. The van der Waals surface area contributed by atoms with Gasteiger partial charge in [0.15, 0.2) is 0 Å². The van der Waals surface area contributed by atoms with E-state index < -0.39 is 5.97 Å². The Morgan fingerprint density at radius 1 is 1.42 bits per heavy atom. The zero-order chi connectivity index (χ0) is 14.3. The molecule has 1 aromatic carbocycles. The second kappa shape index (κ2) is 7.86. The zero-order valence-electron chi connectivity index (χ0n) is 11.3. The maximum Gasteiger partial charge on any atom is 0.317 e. The Morgan fingerprint density at radius 3 is 2.53 bits per heavy atom. The highest BCUT2D eigenvalue weighted by Crippen LogP contribution is 2.24. The van der Waals surface area contributed by atoms with Crippen molar-refractivity contribution in [3.8, 4) is 0 Å². The molecule has 0 heterocycles. The lowest BCUT2D eigenvalue weighted by molar-refractivity contribution is -0.139. The molecule has 0 aliphatic heterocycles. The number of ether oxygens (including phenoxy) is 1. The van der Waals surface area contributed by atoms with Crippen molar-refractivity contribution in [2.75, 3.05) is 26.8 Å². The number of hydrogen-bond acceptors (Lipinski definition) is 3. The van der Waals surface area contributed by atoms with Gasteiger partial charge in [0.25, 0.3) is 0 Å². The smallest absolute Gasteiger partial charge is 0.317 e. The minimum absolute atomic E-state index is 0.0492. The molecule has 1 unspecified atom stereocenters. The highest BCUT2D eigenvalue weighted by atomic mass is 19.1. The van der Waals surface area contributed by atoms with Crippen molar-refractivity contribution in [2.45, 2.75) is 19.4 Å². The van der Waals surface area contributed by atoms with Crippen molar-refractivity contribution in [1.82, 2.24) is 4.90 Å². The summed E-state index contributed by atoms with van der Waals surface area (Å²) in [5.41, 5.74) is 0.918. The van der Waals surface area contributed by atoms with Gasteiger partial charge in [-0.2, -0.15) is 0 Å². The molecule has 0 aromatic heterocycles. The summed E-state index contributed by atoms with van der Waals surface area (Å²) in [4.78, 5) is 12.8. The fourth-order valence-electron chi connectivity index (χ4n) is 2.12. The molecule has 0 saturated carbocycles. The summed E-state index contributed by atoms with van der Waals surface area (Å²) >= 11 is 0. The Kier molecular flexibility index (Phi) is 6.45. The predicted molar refractivity (Wildman–Crippen MR) is 70.5 cm³/mol. The number of nitrogens with zero attached hydrogens (tertiary/aromatic N) is 1. The lowest BCUT2D eigenvalue weighted by atomic mass is 10.0. The molecule has 0 bridgehead atoms. The van der Waals surface area contributed by atoms with Crippen LogP contribution in [0.4, 0.5) is 4.39 Å². The number of rotatable bonds is 8. The summed E-state index contributed by atoms with van der Waals surface area (Å²) in [6, 6.07) is 6.14. The maximum absolute atomic E-state index is 12.9. The topological polar surface area (TPSA) is 49.8 Å². The first-order chi connectivity index (χ1) is 9.08. The van der Waals surface area contributed by atoms with Gasteiger partial charge < -0.3 is 9.84 Å². The number of halogens is 1. The molecule has 4 nitrogen and oxygen atoms in total. The number of hydrogen-bond donors (Lipinski definition) is 1. The molecule has 0 aliphatic rings. The third-order valence-corrected chi connectivity index (χ3v) is 3.00. The van der Waals surface area contributed by atoms with Gasteiger partial charge in [-0.05, 0) is 24.1 Å². The minimum Gasteiger partial charge on any atom is -0.480 e. The third-order valence-electron chi connectivity index (χ3n) is 3.00. The molecule has 1 N–H and O–H groups in total. The summed E-state index contributed by atoms with van der Waals surface area (Å²) in [5.74, 6) is -1.17. The lowest BCUT2D eigenvalue weighted by Gasteiger charge is -2.29. The van der Waals surface area contributed by atoms with Gasteiger partial charge in [0.05, 0.1) is 13.2 Å². The van der Waals surface area contributed by atoms with Crippen LogP contribution < -0.4 is 0 Å². The normalized spacial score (nSPS) is 12.6. The van der Waals surface area contributed by atoms with E-state index in [2.05, 4.69) is 0 Å². The predicted octanol–water partition coefficient (Wildman–Crippen LogP) is 2.31. The van der Waals surface area contributed by atoms with E-state index in [4.69, 9.17) is 9.84 Å². The van der Waals surface area contributed by atoms with Crippen molar-refractivity contribution in [3.05, 3.63) is 35.6 Å². The Balaban J connectivity index is 2.87. The Morgan fingerprint density at radius 2 is 2.05 bits per heavy atom. The van der Waals surface area contributed by atoms with Crippen LogP contribution in [0.25, 0.3) is 0 Å². The van der Waals surface area contributed by atoms with E-state index in [0.717, 1.165) is 12.0 Å². The molecule has 1 atom stereocenters. The average Bonchev–Trinajstić information content (AvgIpc) is 2.38. The van der Waals surface area contributed by atoms with Gasteiger partial charge >= 0.3 is 5.97 Å². The second-order valence-corrected chi connectivity index (χ2v) is 4.33. The number of methoxy groups -OCH3 is 1. The summed E-state index contributed by atoms with van der Waals surface area (Å²) in [6.07, 6.45) is 0.753. The van der Waals surface area contributed by atoms with Gasteiger partial charge in [0.1, 0.15) is 5.82 Å². The molecule has 0 radical (unpaired) electrons. The molecule has 5 heteroatoms. The van der Waals surface area contributed by atoms with E-state index >= 15 is 0 Å². The fraction of sp³-hybridized carbons (Fsp3) is 0.500. The quantitative estimate of drug-likeness (QED) is 0.786. The first-order valence-corrected chi connectivity index (χ1v) is 6.28. The first kappa shape index (κ1) is 15.6. The minimum atomic E-state index is -0.878. The molecule has 0 spiro atoms. The van der Waals surface area contributed by atoms with Gasteiger partial charge in [-0.15, -0.1) is 0 Å². The van der Waals surface area contributed by atoms with Gasteiger partial charge in [-0.25, -0.2) is 4.39 Å². The monoisotopic (exact) mass is 269 g/mol. The van der Waals surface area contributed by atoms with E-state index in [9.17, 15) is 9.18 Å². The third kappa shape index (κ3) is 4.96. The van der Waals surface area contributed by atoms with Gasteiger partial charge in [0, 0.05) is 19.7 Å². The number of benzene rings is 1. The molecule has 0 amide bonds. The summed E-state index contributed by atoms with van der Waals surface area (Å²) < 4.78 is 17.9. The van der Waals surface area contributed by atoms with Crippen LogP contribution in [0.1, 0.15) is 24.9 Å². The Hall–Kier alpha value is -1.46. The zero-order valence-corrected chi connectivity index (χ0v) is 11.3. The number of carboxylic acids is 1. The molecule has 19 heavy (non-hydrogen) atoms. The molecule has 1 rings (SSSR count). The van der Waals surface area contributed by atoms with Crippen molar-refractivity contribution in [1.29, 1.82) is 0 Å². The number of aliphatic carboxylic acids is 1. The number of carbonyl (C=O) groups is 1. The van der Waals surface area contributed by atoms with E-state index in [1.54, 1.807) is 19.2 Å². The van der Waals surface area contributed by atoms with Crippen molar-refractivity contribution < 1.29 is 19.0 Å². The van der Waals surface area contributed by atoms with Crippen LogP contribution >= 0.6 is 0 Å². The Labute approximate surface area is 112 Å². The average molecular weight is 269 g/mol. The second-order valence-electron chi connectivity index (χ2n) is 4.33. The fourth-order valence-corrected chi connectivity index (χ4v) is 2.12. The van der Waals surface area contributed by atoms with Crippen LogP contribution in [0, 0.1) is 5.82 Å². The van der Waals surface area contributed by atoms with Crippen molar-refractivity contribution >= 4 is 5.97 Å². The first-order valence-electron chi connectivity index (χ1n) is 6.28. The van der Waals surface area contributed by atoms with E-state index in [1.807, 2.05) is 11.8 Å². The SMILES string of the molecule is CCC(c1ccc(F)cc1)N(CCOC)CC(=O)O. The highest BCUT2D eigenvalue weighted by Gasteiger charge is 2.20. The van der Waals surface area contributed by atoms with Crippen molar-refractivity contribution in [2.24, 2.45) is 0 Å². The highest BCUT2D eigenvalue weighted by molar-refractivity contribution is 5.69. The van der Waals surface area contributed by atoms with Gasteiger partial charge in [-0.1, -0.05) is 19.1 Å². The molecule has 106 valence electrons. The molecule has 1 aromatic rings. The standard InChI is InChI=1S/C14H20FNO3/c1-3-13(11-4-6-12(15)7-5-11)16(8-9-19-2)10-14(17)18/h4-7,13H,3,8-10H2,1-2H3,(H,17,18). The van der Waals surface area contributed by atoms with Crippen LogP contribution in [0.3, 0.4) is 0 Å². The summed E-state index contributed by atoms with van der Waals surface area (Å²) in [5, 5.41) is 8.98. The largest absolute Gasteiger partial charge is 0.480 e. The van der Waals surface area contributed by atoms with Crippen LogP contribution in [-0.4, -0.2) is 42.8 Å². The molecule has 0 saturated heterocycles.